The van der Waals surface area contributed by atoms with Crippen LogP contribution in [0.4, 0.5) is 0 Å². The Balaban J connectivity index is 2.27. The highest BCUT2D eigenvalue weighted by Gasteiger charge is 2.10. The maximum atomic E-state index is 5.86. The molecule has 100 valence electrons. The van der Waals surface area contributed by atoms with Gasteiger partial charge >= 0.3 is 0 Å². The number of rotatable bonds is 4. The second-order valence-electron chi connectivity index (χ2n) is 4.33. The van der Waals surface area contributed by atoms with E-state index in [0.29, 0.717) is 5.88 Å². The molecule has 0 aliphatic carbocycles. The van der Waals surface area contributed by atoms with E-state index in [4.69, 9.17) is 10.5 Å². The van der Waals surface area contributed by atoms with Gasteiger partial charge in [-0.15, -0.1) is 0 Å². The first-order valence-corrected chi connectivity index (χ1v) is 7.47. The van der Waals surface area contributed by atoms with Crippen molar-refractivity contribution in [1.82, 2.24) is 4.98 Å². The number of aromatic nitrogens is 1. The maximum Gasteiger partial charge on any atom is 0.222 e. The highest BCUT2D eigenvalue weighted by atomic mass is 79.9. The SMILES string of the molecule is CC(N)Cc1cccnc1Oc1ccc(Br)cc1Br. The van der Waals surface area contributed by atoms with Gasteiger partial charge < -0.3 is 10.5 Å². The Morgan fingerprint density at radius 2 is 2.11 bits per heavy atom. The number of benzene rings is 1. The first kappa shape index (κ1) is 14.5. The summed E-state index contributed by atoms with van der Waals surface area (Å²) in [6.45, 7) is 1.96. The number of pyridine rings is 1. The van der Waals surface area contributed by atoms with E-state index in [2.05, 4.69) is 36.8 Å². The van der Waals surface area contributed by atoms with E-state index in [1.54, 1.807) is 6.20 Å². The molecule has 19 heavy (non-hydrogen) atoms. The lowest BCUT2D eigenvalue weighted by Crippen LogP contribution is -2.18. The largest absolute Gasteiger partial charge is 0.438 e. The van der Waals surface area contributed by atoms with E-state index in [-0.39, 0.29) is 6.04 Å². The van der Waals surface area contributed by atoms with Crippen molar-refractivity contribution in [3.63, 3.8) is 0 Å². The van der Waals surface area contributed by atoms with Crippen LogP contribution in [0.1, 0.15) is 12.5 Å². The van der Waals surface area contributed by atoms with Crippen molar-refractivity contribution in [3.8, 4) is 11.6 Å². The minimum atomic E-state index is 0.0694. The monoisotopic (exact) mass is 384 g/mol. The molecule has 0 radical (unpaired) electrons. The Morgan fingerprint density at radius 3 is 2.79 bits per heavy atom. The second-order valence-corrected chi connectivity index (χ2v) is 6.10. The molecule has 1 unspecified atom stereocenters. The van der Waals surface area contributed by atoms with E-state index < -0.39 is 0 Å². The van der Waals surface area contributed by atoms with Gasteiger partial charge in [0.2, 0.25) is 5.88 Å². The van der Waals surface area contributed by atoms with Crippen molar-refractivity contribution in [2.45, 2.75) is 19.4 Å². The molecule has 3 nitrogen and oxygen atoms in total. The minimum Gasteiger partial charge on any atom is -0.438 e. The number of hydrogen-bond donors (Lipinski definition) is 1. The predicted molar refractivity (Wildman–Crippen MR) is 83.5 cm³/mol. The molecule has 1 aromatic heterocycles. The molecule has 0 saturated heterocycles. The van der Waals surface area contributed by atoms with Gasteiger partial charge in [0.05, 0.1) is 4.47 Å². The Kier molecular flexibility index (Phi) is 4.96. The first-order valence-electron chi connectivity index (χ1n) is 5.88. The van der Waals surface area contributed by atoms with Crippen molar-refractivity contribution in [2.24, 2.45) is 5.73 Å². The van der Waals surface area contributed by atoms with Gasteiger partial charge in [-0.2, -0.15) is 0 Å². The molecule has 1 heterocycles. The number of nitrogens with zero attached hydrogens (tertiary/aromatic N) is 1. The Morgan fingerprint density at radius 1 is 1.32 bits per heavy atom. The fraction of sp³-hybridized carbons (Fsp3) is 0.214. The van der Waals surface area contributed by atoms with Gasteiger partial charge in [0.1, 0.15) is 5.75 Å². The molecule has 0 spiro atoms. The van der Waals surface area contributed by atoms with Crippen molar-refractivity contribution in [2.75, 3.05) is 0 Å². The maximum absolute atomic E-state index is 5.86. The zero-order chi connectivity index (χ0) is 13.8. The van der Waals surface area contributed by atoms with Crippen molar-refractivity contribution < 1.29 is 4.74 Å². The summed E-state index contributed by atoms with van der Waals surface area (Å²) in [7, 11) is 0. The Labute approximate surface area is 129 Å². The first-order chi connectivity index (χ1) is 9.06. The summed E-state index contributed by atoms with van der Waals surface area (Å²) in [5.41, 5.74) is 6.84. The third-order valence-corrected chi connectivity index (χ3v) is 3.61. The van der Waals surface area contributed by atoms with Gasteiger partial charge in [0.15, 0.2) is 0 Å². The van der Waals surface area contributed by atoms with Crippen LogP contribution in [0, 0.1) is 0 Å². The fourth-order valence-electron chi connectivity index (χ4n) is 1.68. The zero-order valence-corrected chi connectivity index (χ0v) is 13.6. The molecule has 0 saturated carbocycles. The summed E-state index contributed by atoms with van der Waals surface area (Å²) in [6, 6.07) is 9.69. The van der Waals surface area contributed by atoms with E-state index in [9.17, 15) is 0 Å². The lowest BCUT2D eigenvalue weighted by molar-refractivity contribution is 0.451. The van der Waals surface area contributed by atoms with Crippen LogP contribution in [0.2, 0.25) is 0 Å². The Bertz CT molecular complexity index is 573. The number of nitrogens with two attached hydrogens (primary N) is 1. The topological polar surface area (TPSA) is 48.1 Å². The molecule has 2 N–H and O–H groups in total. The highest BCUT2D eigenvalue weighted by Crippen LogP contribution is 2.32. The molecule has 5 heteroatoms. The van der Waals surface area contributed by atoms with Crippen LogP contribution >= 0.6 is 31.9 Å². The van der Waals surface area contributed by atoms with Crippen molar-refractivity contribution >= 4 is 31.9 Å². The van der Waals surface area contributed by atoms with Gasteiger partial charge in [-0.25, -0.2) is 4.98 Å². The highest BCUT2D eigenvalue weighted by molar-refractivity contribution is 9.11. The van der Waals surface area contributed by atoms with Crippen LogP contribution in [0.5, 0.6) is 11.6 Å². The molecule has 2 aromatic rings. The van der Waals surface area contributed by atoms with Gasteiger partial charge in [-0.1, -0.05) is 22.0 Å². The molecule has 0 aliphatic rings. The molecule has 0 aliphatic heterocycles. The average molecular weight is 386 g/mol. The summed E-state index contributed by atoms with van der Waals surface area (Å²) < 4.78 is 7.73. The number of hydrogen-bond acceptors (Lipinski definition) is 3. The van der Waals surface area contributed by atoms with Crippen LogP contribution in [0.3, 0.4) is 0 Å². The van der Waals surface area contributed by atoms with E-state index in [0.717, 1.165) is 26.7 Å². The van der Waals surface area contributed by atoms with Crippen LogP contribution in [0.25, 0.3) is 0 Å². The third kappa shape index (κ3) is 4.03. The van der Waals surface area contributed by atoms with Crippen LogP contribution in [-0.2, 0) is 6.42 Å². The van der Waals surface area contributed by atoms with E-state index in [1.807, 2.05) is 37.3 Å². The van der Waals surface area contributed by atoms with Crippen LogP contribution < -0.4 is 10.5 Å². The van der Waals surface area contributed by atoms with Crippen LogP contribution in [-0.4, -0.2) is 11.0 Å². The molecular formula is C14H14Br2N2O. The molecule has 0 fully saturated rings. The molecule has 0 amide bonds. The lowest BCUT2D eigenvalue weighted by atomic mass is 10.1. The lowest BCUT2D eigenvalue weighted by Gasteiger charge is -2.12. The zero-order valence-electron chi connectivity index (χ0n) is 10.4. The molecule has 1 aromatic carbocycles. The summed E-state index contributed by atoms with van der Waals surface area (Å²) in [5.74, 6) is 1.33. The molecule has 1 atom stereocenters. The Hall–Kier alpha value is -0.910. The minimum absolute atomic E-state index is 0.0694. The summed E-state index contributed by atoms with van der Waals surface area (Å²) in [5, 5.41) is 0. The van der Waals surface area contributed by atoms with Gasteiger partial charge in [-0.05, 0) is 53.5 Å². The van der Waals surface area contributed by atoms with Gasteiger partial charge in [0.25, 0.3) is 0 Å². The number of halogens is 2. The summed E-state index contributed by atoms with van der Waals surface area (Å²) in [4.78, 5) is 4.28. The normalized spacial score (nSPS) is 12.2. The summed E-state index contributed by atoms with van der Waals surface area (Å²) >= 11 is 6.88. The van der Waals surface area contributed by atoms with Gasteiger partial charge in [-0.3, -0.25) is 0 Å². The second kappa shape index (κ2) is 6.50. The molecular weight excluding hydrogens is 372 g/mol. The smallest absolute Gasteiger partial charge is 0.222 e. The summed E-state index contributed by atoms with van der Waals surface area (Å²) in [6.07, 6.45) is 2.45. The van der Waals surface area contributed by atoms with Crippen LogP contribution in [0.15, 0.2) is 45.5 Å². The number of ether oxygens (including phenoxy) is 1. The van der Waals surface area contributed by atoms with Crippen molar-refractivity contribution in [3.05, 3.63) is 51.0 Å². The fourth-order valence-corrected chi connectivity index (χ4v) is 2.81. The quantitative estimate of drug-likeness (QED) is 0.853. The van der Waals surface area contributed by atoms with Crippen molar-refractivity contribution in [1.29, 1.82) is 0 Å². The van der Waals surface area contributed by atoms with E-state index in [1.165, 1.54) is 0 Å². The van der Waals surface area contributed by atoms with Gasteiger partial charge in [0, 0.05) is 22.3 Å². The average Bonchev–Trinajstić information content (AvgIpc) is 2.34. The molecule has 0 bridgehead atoms. The van der Waals surface area contributed by atoms with E-state index >= 15 is 0 Å². The third-order valence-electron chi connectivity index (χ3n) is 2.49. The predicted octanol–water partition coefficient (Wildman–Crippen LogP) is 4.29. The molecule has 2 rings (SSSR count). The standard InChI is InChI=1S/C14H14Br2N2O/c1-9(17)7-10-3-2-6-18-14(10)19-13-5-4-11(15)8-12(13)16/h2-6,8-9H,7,17H2,1H3.